The van der Waals surface area contributed by atoms with Crippen LogP contribution in [0.5, 0.6) is 11.5 Å². The SMILES string of the molecule is COc1cc2c(C#N)cc(=O)n(CC(=O)NCCCC[C@H](NC(=O)OCC3c4ccccc4-c4ccccc43)C(=O)O)c2cc1OC. The van der Waals surface area contributed by atoms with E-state index in [1.54, 1.807) is 12.1 Å². The fraction of sp³-hybridized carbons (Fsp3) is 0.286. The van der Waals surface area contributed by atoms with Crippen molar-refractivity contribution in [2.45, 2.75) is 37.8 Å². The summed E-state index contributed by atoms with van der Waals surface area (Å²) in [7, 11) is 2.89. The second kappa shape index (κ2) is 14.5. The predicted molar refractivity (Wildman–Crippen MR) is 173 cm³/mol. The van der Waals surface area contributed by atoms with Gasteiger partial charge in [0.2, 0.25) is 5.91 Å². The smallest absolute Gasteiger partial charge is 0.407 e. The van der Waals surface area contributed by atoms with E-state index in [4.69, 9.17) is 14.2 Å². The zero-order valence-electron chi connectivity index (χ0n) is 25.9. The predicted octanol–water partition coefficient (Wildman–Crippen LogP) is 4.17. The van der Waals surface area contributed by atoms with Gasteiger partial charge in [-0.15, -0.1) is 0 Å². The van der Waals surface area contributed by atoms with E-state index in [1.807, 2.05) is 54.6 Å². The van der Waals surface area contributed by atoms with E-state index in [9.17, 15) is 29.5 Å². The lowest BCUT2D eigenvalue weighted by Gasteiger charge is -2.17. The van der Waals surface area contributed by atoms with Crippen LogP contribution in [0.25, 0.3) is 22.0 Å². The molecule has 0 radical (unpaired) electrons. The maximum atomic E-state index is 12.8. The average molecular weight is 639 g/mol. The number of nitrogens with one attached hydrogen (secondary N) is 2. The fourth-order valence-corrected chi connectivity index (χ4v) is 5.90. The van der Waals surface area contributed by atoms with Gasteiger partial charge in [-0.2, -0.15) is 5.26 Å². The van der Waals surface area contributed by atoms with Gasteiger partial charge in [-0.3, -0.25) is 14.2 Å². The van der Waals surface area contributed by atoms with E-state index in [-0.39, 0.29) is 37.6 Å². The number of alkyl carbamates (subject to hydrolysis) is 1. The number of rotatable bonds is 13. The summed E-state index contributed by atoms with van der Waals surface area (Å²) in [6.45, 7) is -0.0238. The number of pyridine rings is 1. The largest absolute Gasteiger partial charge is 0.493 e. The molecule has 1 aromatic heterocycles. The van der Waals surface area contributed by atoms with Crippen molar-refractivity contribution in [2.75, 3.05) is 27.4 Å². The molecule has 1 atom stereocenters. The van der Waals surface area contributed by atoms with Crippen LogP contribution in [0.3, 0.4) is 0 Å². The molecule has 1 heterocycles. The van der Waals surface area contributed by atoms with Gasteiger partial charge in [0, 0.05) is 30.0 Å². The van der Waals surface area contributed by atoms with Crippen molar-refractivity contribution >= 4 is 28.9 Å². The van der Waals surface area contributed by atoms with Gasteiger partial charge in [0.05, 0.1) is 25.3 Å². The second-order valence-corrected chi connectivity index (χ2v) is 11.0. The lowest BCUT2D eigenvalue weighted by Crippen LogP contribution is -2.41. The Morgan fingerprint density at radius 3 is 2.21 bits per heavy atom. The zero-order chi connectivity index (χ0) is 33.5. The Morgan fingerprint density at radius 2 is 1.60 bits per heavy atom. The highest BCUT2D eigenvalue weighted by atomic mass is 16.5. The fourth-order valence-electron chi connectivity index (χ4n) is 5.90. The van der Waals surface area contributed by atoms with Crippen LogP contribution in [0.4, 0.5) is 4.79 Å². The number of unbranched alkanes of at least 4 members (excludes halogenated alkanes) is 1. The zero-order valence-corrected chi connectivity index (χ0v) is 25.9. The summed E-state index contributed by atoms with van der Waals surface area (Å²) in [4.78, 5) is 50.0. The molecule has 0 saturated heterocycles. The third kappa shape index (κ3) is 7.04. The summed E-state index contributed by atoms with van der Waals surface area (Å²) in [6.07, 6.45) is 0.117. The summed E-state index contributed by atoms with van der Waals surface area (Å²) < 4.78 is 17.4. The molecule has 3 N–H and O–H groups in total. The van der Waals surface area contributed by atoms with Crippen molar-refractivity contribution in [1.29, 1.82) is 5.26 Å². The molecule has 0 aliphatic heterocycles. The molecule has 12 heteroatoms. The van der Waals surface area contributed by atoms with Gasteiger partial charge < -0.3 is 30.0 Å². The van der Waals surface area contributed by atoms with Crippen LogP contribution >= 0.6 is 0 Å². The summed E-state index contributed by atoms with van der Waals surface area (Å²) in [5.41, 5.74) is 4.23. The van der Waals surface area contributed by atoms with Gasteiger partial charge in [-0.25, -0.2) is 9.59 Å². The normalized spacial score (nSPS) is 12.4. The number of fused-ring (bicyclic) bond motifs is 4. The maximum Gasteiger partial charge on any atom is 0.407 e. The van der Waals surface area contributed by atoms with Crippen molar-refractivity contribution in [3.05, 3.63) is 93.8 Å². The van der Waals surface area contributed by atoms with Crippen LogP contribution in [0.1, 0.15) is 41.9 Å². The molecule has 3 aromatic carbocycles. The number of carboxylic acid groups (broad SMARTS) is 1. The van der Waals surface area contributed by atoms with Crippen molar-refractivity contribution in [2.24, 2.45) is 0 Å². The number of benzene rings is 3. The number of aromatic nitrogens is 1. The Morgan fingerprint density at radius 1 is 0.957 bits per heavy atom. The number of nitrogens with zero attached hydrogens (tertiary/aromatic N) is 2. The third-order valence-corrected chi connectivity index (χ3v) is 8.21. The summed E-state index contributed by atoms with van der Waals surface area (Å²) in [5, 5.41) is 24.8. The topological polar surface area (TPSA) is 169 Å². The number of hydrogen-bond donors (Lipinski definition) is 3. The molecule has 0 unspecified atom stereocenters. The molecule has 0 bridgehead atoms. The molecular weight excluding hydrogens is 604 g/mol. The Kier molecular flexibility index (Phi) is 10.1. The number of methoxy groups -OCH3 is 2. The molecule has 2 amide bonds. The van der Waals surface area contributed by atoms with Gasteiger partial charge in [-0.05, 0) is 47.6 Å². The van der Waals surface area contributed by atoms with Gasteiger partial charge in [0.25, 0.3) is 5.56 Å². The third-order valence-electron chi connectivity index (χ3n) is 8.21. The number of hydrogen-bond acceptors (Lipinski definition) is 8. The van der Waals surface area contributed by atoms with Crippen molar-refractivity contribution in [3.63, 3.8) is 0 Å². The standard InChI is InChI=1S/C35H34N4O8/c1-45-30-16-26-21(18-36)15-33(41)39(29(26)17-31(30)46-2)19-32(40)37-14-8-7-13-28(34(42)43)38-35(44)47-20-27-24-11-5-3-9-22(24)23-10-4-6-12-25(23)27/h3-6,9-12,15-17,27-28H,7-8,13-14,19-20H2,1-2H3,(H,37,40)(H,38,44)(H,42,43)/t28-/m0/s1. The maximum absolute atomic E-state index is 12.8. The highest BCUT2D eigenvalue weighted by Gasteiger charge is 2.29. The first kappa shape index (κ1) is 32.6. The molecule has 0 fully saturated rings. The number of amides is 2. The average Bonchev–Trinajstić information content (AvgIpc) is 3.40. The second-order valence-electron chi connectivity index (χ2n) is 11.0. The lowest BCUT2D eigenvalue weighted by atomic mass is 9.98. The molecule has 4 aromatic rings. The monoisotopic (exact) mass is 638 g/mol. The molecule has 5 rings (SSSR count). The number of carboxylic acids is 1. The first-order chi connectivity index (χ1) is 22.7. The Hall–Kier alpha value is -5.83. The summed E-state index contributed by atoms with van der Waals surface area (Å²) in [6, 6.07) is 21.0. The molecule has 0 saturated carbocycles. The number of aliphatic carboxylic acids is 1. The van der Waals surface area contributed by atoms with Crippen molar-refractivity contribution < 1.29 is 33.7 Å². The van der Waals surface area contributed by atoms with Gasteiger partial charge in [0.1, 0.15) is 25.3 Å². The number of carbonyl (C=O) groups is 3. The Labute approximate surface area is 270 Å². The van der Waals surface area contributed by atoms with E-state index in [1.165, 1.54) is 18.8 Å². The first-order valence-corrected chi connectivity index (χ1v) is 15.1. The van der Waals surface area contributed by atoms with Crippen LogP contribution in [0.2, 0.25) is 0 Å². The van der Waals surface area contributed by atoms with Crippen LogP contribution < -0.4 is 25.7 Å². The van der Waals surface area contributed by atoms with Crippen LogP contribution in [-0.4, -0.2) is 61.1 Å². The molecule has 1 aliphatic carbocycles. The Balaban J connectivity index is 1.11. The highest BCUT2D eigenvalue weighted by molar-refractivity contribution is 5.89. The molecule has 242 valence electrons. The van der Waals surface area contributed by atoms with E-state index < -0.39 is 29.6 Å². The van der Waals surface area contributed by atoms with Crippen molar-refractivity contribution in [1.82, 2.24) is 15.2 Å². The summed E-state index contributed by atoms with van der Waals surface area (Å²) in [5.74, 6) is -1.08. The van der Waals surface area contributed by atoms with Gasteiger partial charge in [0.15, 0.2) is 11.5 Å². The minimum Gasteiger partial charge on any atom is -0.493 e. The quantitative estimate of drug-likeness (QED) is 0.182. The minimum atomic E-state index is -1.19. The Bertz CT molecular complexity index is 1880. The number of carbonyl (C=O) groups excluding carboxylic acids is 2. The van der Waals surface area contributed by atoms with Gasteiger partial charge >= 0.3 is 12.1 Å². The molecular formula is C35H34N4O8. The van der Waals surface area contributed by atoms with E-state index >= 15 is 0 Å². The number of nitriles is 1. The molecule has 12 nitrogen and oxygen atoms in total. The highest BCUT2D eigenvalue weighted by Crippen LogP contribution is 2.44. The number of ether oxygens (including phenoxy) is 3. The molecule has 0 spiro atoms. The van der Waals surface area contributed by atoms with E-state index in [2.05, 4.69) is 10.6 Å². The molecule has 47 heavy (non-hydrogen) atoms. The van der Waals surface area contributed by atoms with Crippen LogP contribution in [0, 0.1) is 11.3 Å². The summed E-state index contributed by atoms with van der Waals surface area (Å²) >= 11 is 0. The van der Waals surface area contributed by atoms with Gasteiger partial charge in [-0.1, -0.05) is 48.5 Å². The van der Waals surface area contributed by atoms with Crippen molar-refractivity contribution in [3.8, 4) is 28.7 Å². The minimum absolute atomic E-state index is 0.0656. The van der Waals surface area contributed by atoms with Crippen LogP contribution in [-0.2, 0) is 20.9 Å². The first-order valence-electron chi connectivity index (χ1n) is 15.1. The van der Waals surface area contributed by atoms with E-state index in [0.717, 1.165) is 28.3 Å². The lowest BCUT2D eigenvalue weighted by molar-refractivity contribution is -0.139. The van der Waals surface area contributed by atoms with E-state index in [0.29, 0.717) is 35.2 Å². The molecule has 1 aliphatic rings. The van der Waals surface area contributed by atoms with Crippen LogP contribution in [0.15, 0.2) is 71.5 Å².